The fourth-order valence-corrected chi connectivity index (χ4v) is 3.27. The number of hydrogen-bond acceptors (Lipinski definition) is 4. The third-order valence-corrected chi connectivity index (χ3v) is 4.89. The van der Waals surface area contributed by atoms with Crippen molar-refractivity contribution in [2.75, 3.05) is 0 Å². The first kappa shape index (κ1) is 20.5. The van der Waals surface area contributed by atoms with E-state index in [-0.39, 0.29) is 4.90 Å². The second kappa shape index (κ2) is 9.06. The molecule has 0 bridgehead atoms. The number of sulfonamides is 1. The normalized spacial score (nSPS) is 15.8. The molecular weight excluding hydrogens is 326 g/mol. The van der Waals surface area contributed by atoms with Gasteiger partial charge in [0.05, 0.1) is 4.90 Å². The molecule has 0 unspecified atom stereocenters. The van der Waals surface area contributed by atoms with Crippen LogP contribution in [0.2, 0.25) is 0 Å². The lowest BCUT2D eigenvalue weighted by Gasteiger charge is -2.19. The number of amides is 1. The lowest BCUT2D eigenvalue weighted by Crippen LogP contribution is -2.36. The van der Waals surface area contributed by atoms with Gasteiger partial charge in [0.25, 0.3) is 10.0 Å². The fraction of sp³-hybridized carbons (Fsp3) is 0.611. The maximum absolute atomic E-state index is 11.7. The van der Waals surface area contributed by atoms with Crippen LogP contribution in [-0.2, 0) is 14.8 Å². The van der Waals surface area contributed by atoms with Crippen LogP contribution in [0.3, 0.4) is 0 Å². The zero-order chi connectivity index (χ0) is 18.2. The number of hydrogen-bond donors (Lipinski definition) is 1. The van der Waals surface area contributed by atoms with Crippen LogP contribution in [0.4, 0.5) is 4.79 Å². The quantitative estimate of drug-likeness (QED) is 0.848. The van der Waals surface area contributed by atoms with Gasteiger partial charge in [-0.2, -0.15) is 0 Å². The minimum absolute atomic E-state index is 0.0193. The maximum Gasteiger partial charge on any atom is 0.421 e. The molecule has 0 aromatic heterocycles. The summed E-state index contributed by atoms with van der Waals surface area (Å²) in [4.78, 5) is 11.4. The van der Waals surface area contributed by atoms with Gasteiger partial charge in [-0.05, 0) is 38.8 Å². The molecule has 1 N–H and O–H groups in total. The summed E-state index contributed by atoms with van der Waals surface area (Å²) in [5.41, 5.74) is -0.740. The van der Waals surface area contributed by atoms with E-state index in [9.17, 15) is 13.2 Å². The third kappa shape index (κ3) is 8.34. The molecule has 0 saturated heterocycles. The molecule has 5 nitrogen and oxygen atoms in total. The Kier molecular flexibility index (Phi) is 7.73. The van der Waals surface area contributed by atoms with Crippen LogP contribution >= 0.6 is 0 Å². The van der Waals surface area contributed by atoms with Crippen molar-refractivity contribution < 1.29 is 17.9 Å². The molecule has 1 aliphatic rings. The first-order valence-corrected chi connectivity index (χ1v) is 9.89. The van der Waals surface area contributed by atoms with Gasteiger partial charge in [-0.1, -0.05) is 57.2 Å². The standard InChI is InChI=1S/C11H15NO4S.C7H14/c1-11(2,3)16-10(13)12-17(14,15)9-7-5-4-6-8-9;1-7-5-3-2-4-6-7/h4-8H,1-3H3,(H,12,13);7H,2-6H2,1H3. The lowest BCUT2D eigenvalue weighted by molar-refractivity contribution is 0.0570. The number of carbonyl (C=O) groups is 1. The van der Waals surface area contributed by atoms with E-state index in [1.165, 1.54) is 44.2 Å². The molecule has 0 heterocycles. The van der Waals surface area contributed by atoms with Crippen LogP contribution in [0.5, 0.6) is 0 Å². The highest BCUT2D eigenvalue weighted by atomic mass is 32.2. The van der Waals surface area contributed by atoms with Gasteiger partial charge < -0.3 is 4.74 Å². The summed E-state index contributed by atoms with van der Waals surface area (Å²) in [6, 6.07) is 7.62. The second-order valence-electron chi connectivity index (χ2n) is 7.16. The monoisotopic (exact) mass is 355 g/mol. The summed E-state index contributed by atoms with van der Waals surface area (Å²) in [6.45, 7) is 7.32. The second-order valence-corrected chi connectivity index (χ2v) is 8.85. The summed E-state index contributed by atoms with van der Waals surface area (Å²) < 4.78 is 30.1. The number of benzene rings is 1. The first-order valence-electron chi connectivity index (χ1n) is 8.41. The lowest BCUT2D eigenvalue weighted by atomic mass is 9.91. The van der Waals surface area contributed by atoms with Crippen molar-refractivity contribution in [2.24, 2.45) is 5.92 Å². The fourth-order valence-electron chi connectivity index (χ4n) is 2.37. The average Bonchev–Trinajstić information content (AvgIpc) is 2.47. The van der Waals surface area contributed by atoms with Gasteiger partial charge in [-0.25, -0.2) is 17.9 Å². The Bertz CT molecular complexity index is 600. The Morgan fingerprint density at radius 3 is 2.04 bits per heavy atom. The van der Waals surface area contributed by atoms with Crippen molar-refractivity contribution in [1.29, 1.82) is 0 Å². The highest BCUT2D eigenvalue weighted by Crippen LogP contribution is 2.22. The minimum Gasteiger partial charge on any atom is -0.443 e. The van der Waals surface area contributed by atoms with E-state index in [2.05, 4.69) is 6.92 Å². The Balaban J connectivity index is 0.000000341. The van der Waals surface area contributed by atoms with Gasteiger partial charge in [0, 0.05) is 0 Å². The Morgan fingerprint density at radius 1 is 1.08 bits per heavy atom. The summed E-state index contributed by atoms with van der Waals surface area (Å²) in [7, 11) is -3.86. The number of carbonyl (C=O) groups excluding carboxylic acids is 1. The van der Waals surface area contributed by atoms with Crippen LogP contribution < -0.4 is 4.72 Å². The van der Waals surface area contributed by atoms with Crippen molar-refractivity contribution in [2.45, 2.75) is 70.3 Å². The van der Waals surface area contributed by atoms with Gasteiger partial charge in [0.2, 0.25) is 0 Å². The molecule has 1 saturated carbocycles. The smallest absolute Gasteiger partial charge is 0.421 e. The number of ether oxygens (including phenoxy) is 1. The van der Waals surface area contributed by atoms with E-state index in [0.29, 0.717) is 0 Å². The van der Waals surface area contributed by atoms with E-state index in [1.54, 1.807) is 39.0 Å². The van der Waals surface area contributed by atoms with Crippen molar-refractivity contribution in [3.63, 3.8) is 0 Å². The molecule has 24 heavy (non-hydrogen) atoms. The van der Waals surface area contributed by atoms with E-state index in [4.69, 9.17) is 4.74 Å². The SMILES string of the molecule is CC(C)(C)OC(=O)NS(=O)(=O)c1ccccc1.CC1CCCCC1. The van der Waals surface area contributed by atoms with Crippen LogP contribution in [0.1, 0.15) is 59.8 Å². The van der Waals surface area contributed by atoms with Gasteiger partial charge in [-0.3, -0.25) is 0 Å². The van der Waals surface area contributed by atoms with Crippen LogP contribution in [0, 0.1) is 5.92 Å². The van der Waals surface area contributed by atoms with Gasteiger partial charge in [-0.15, -0.1) is 0 Å². The molecule has 0 spiro atoms. The molecule has 0 atom stereocenters. The predicted molar refractivity (Wildman–Crippen MR) is 95.2 cm³/mol. The van der Waals surface area contributed by atoms with E-state index in [1.807, 2.05) is 4.72 Å². The highest BCUT2D eigenvalue weighted by molar-refractivity contribution is 7.90. The largest absolute Gasteiger partial charge is 0.443 e. The van der Waals surface area contributed by atoms with Gasteiger partial charge >= 0.3 is 6.09 Å². The van der Waals surface area contributed by atoms with E-state index in [0.717, 1.165) is 5.92 Å². The maximum atomic E-state index is 11.7. The molecule has 1 amide bonds. The molecule has 6 heteroatoms. The molecule has 2 rings (SSSR count). The summed E-state index contributed by atoms with van der Waals surface area (Å²) in [5.74, 6) is 1.04. The zero-order valence-corrected chi connectivity index (χ0v) is 15.9. The molecule has 1 fully saturated rings. The molecule has 1 aliphatic carbocycles. The van der Waals surface area contributed by atoms with E-state index < -0.39 is 21.7 Å². The summed E-state index contributed by atoms with van der Waals surface area (Å²) >= 11 is 0. The summed E-state index contributed by atoms with van der Waals surface area (Å²) in [5, 5.41) is 0. The highest BCUT2D eigenvalue weighted by Gasteiger charge is 2.22. The first-order chi connectivity index (χ1) is 11.1. The van der Waals surface area contributed by atoms with Crippen molar-refractivity contribution >= 4 is 16.1 Å². The Labute approximate surface area is 145 Å². The molecular formula is C18H29NO4S. The van der Waals surface area contributed by atoms with E-state index >= 15 is 0 Å². The summed E-state index contributed by atoms with van der Waals surface area (Å²) in [6.07, 6.45) is 6.45. The van der Waals surface area contributed by atoms with Gasteiger partial charge in [0.15, 0.2) is 0 Å². The molecule has 0 radical (unpaired) electrons. The molecule has 0 aliphatic heterocycles. The van der Waals surface area contributed by atoms with Crippen molar-refractivity contribution in [3.8, 4) is 0 Å². The number of rotatable bonds is 2. The van der Waals surface area contributed by atoms with Crippen LogP contribution in [0.25, 0.3) is 0 Å². The number of nitrogens with one attached hydrogen (secondary N) is 1. The zero-order valence-electron chi connectivity index (χ0n) is 15.0. The third-order valence-electron chi connectivity index (χ3n) is 3.56. The van der Waals surface area contributed by atoms with Crippen molar-refractivity contribution in [1.82, 2.24) is 4.72 Å². The molecule has 136 valence electrons. The average molecular weight is 356 g/mol. The van der Waals surface area contributed by atoms with Gasteiger partial charge in [0.1, 0.15) is 5.60 Å². The minimum atomic E-state index is -3.86. The van der Waals surface area contributed by atoms with Crippen LogP contribution in [0.15, 0.2) is 35.2 Å². The molecule has 1 aromatic carbocycles. The van der Waals surface area contributed by atoms with Crippen LogP contribution in [-0.4, -0.2) is 20.1 Å². The Hall–Kier alpha value is -1.56. The molecule has 1 aromatic rings. The predicted octanol–water partition coefficient (Wildman–Crippen LogP) is 4.49. The topological polar surface area (TPSA) is 72.5 Å². The van der Waals surface area contributed by atoms with Crippen molar-refractivity contribution in [3.05, 3.63) is 30.3 Å². The Morgan fingerprint density at radius 2 is 1.62 bits per heavy atom.